The standard InChI is InChI=1S/C21H24N4O4S/c1-14(22-17-7-10-20-19(13-17)23-15(2)29-20)21(26)24-16-5-8-18(9-6-16)30(27,28)25-11-3-4-12-25/h5-10,13-14,22H,3-4,11-12H2,1-2H3,(H,24,26)/t14-/m0/s1. The van der Waals surface area contributed by atoms with Crippen LogP contribution in [0.5, 0.6) is 0 Å². The second-order valence-electron chi connectivity index (χ2n) is 7.41. The van der Waals surface area contributed by atoms with Crippen molar-refractivity contribution in [1.29, 1.82) is 0 Å². The Bertz CT molecular complexity index is 1170. The Morgan fingerprint density at radius 1 is 1.10 bits per heavy atom. The third kappa shape index (κ3) is 4.17. The van der Waals surface area contributed by atoms with Crippen molar-refractivity contribution in [3.05, 3.63) is 48.4 Å². The summed E-state index contributed by atoms with van der Waals surface area (Å²) in [5.74, 6) is 0.352. The summed E-state index contributed by atoms with van der Waals surface area (Å²) in [6.45, 7) is 4.65. The molecule has 158 valence electrons. The van der Waals surface area contributed by atoms with Gasteiger partial charge < -0.3 is 15.1 Å². The number of aromatic nitrogens is 1. The fraction of sp³-hybridized carbons (Fsp3) is 0.333. The van der Waals surface area contributed by atoms with Gasteiger partial charge in [0.15, 0.2) is 11.5 Å². The van der Waals surface area contributed by atoms with Gasteiger partial charge in [0, 0.05) is 31.4 Å². The van der Waals surface area contributed by atoms with Crippen molar-refractivity contribution in [1.82, 2.24) is 9.29 Å². The minimum Gasteiger partial charge on any atom is -0.441 e. The van der Waals surface area contributed by atoms with Crippen LogP contribution >= 0.6 is 0 Å². The molecule has 1 saturated heterocycles. The number of nitrogens with one attached hydrogen (secondary N) is 2. The van der Waals surface area contributed by atoms with E-state index < -0.39 is 16.1 Å². The van der Waals surface area contributed by atoms with Crippen LogP contribution in [0.3, 0.4) is 0 Å². The number of carbonyl (C=O) groups is 1. The number of hydrogen-bond acceptors (Lipinski definition) is 6. The van der Waals surface area contributed by atoms with Gasteiger partial charge in [-0.15, -0.1) is 0 Å². The lowest BCUT2D eigenvalue weighted by Gasteiger charge is -2.17. The van der Waals surface area contributed by atoms with Crippen LogP contribution in [0.2, 0.25) is 0 Å². The zero-order valence-electron chi connectivity index (χ0n) is 16.9. The quantitative estimate of drug-likeness (QED) is 0.624. The molecule has 0 unspecified atom stereocenters. The average molecular weight is 429 g/mol. The van der Waals surface area contributed by atoms with Crippen molar-refractivity contribution in [3.8, 4) is 0 Å². The lowest BCUT2D eigenvalue weighted by Crippen LogP contribution is -2.32. The lowest BCUT2D eigenvalue weighted by molar-refractivity contribution is -0.116. The smallest absolute Gasteiger partial charge is 0.246 e. The van der Waals surface area contributed by atoms with Gasteiger partial charge in [0.1, 0.15) is 11.6 Å². The summed E-state index contributed by atoms with van der Waals surface area (Å²) in [7, 11) is -3.46. The first-order chi connectivity index (χ1) is 14.3. The maximum atomic E-state index is 12.6. The third-order valence-corrected chi connectivity index (χ3v) is 7.01. The van der Waals surface area contributed by atoms with E-state index in [9.17, 15) is 13.2 Å². The minimum absolute atomic E-state index is 0.235. The van der Waals surface area contributed by atoms with E-state index in [0.29, 0.717) is 30.3 Å². The van der Waals surface area contributed by atoms with Crippen LogP contribution in [-0.2, 0) is 14.8 Å². The molecule has 1 amide bonds. The average Bonchev–Trinajstić information content (AvgIpc) is 3.37. The molecule has 2 aromatic carbocycles. The van der Waals surface area contributed by atoms with E-state index in [2.05, 4.69) is 15.6 Å². The van der Waals surface area contributed by atoms with Crippen LogP contribution in [0.15, 0.2) is 51.8 Å². The molecule has 0 spiro atoms. The molecule has 9 heteroatoms. The monoisotopic (exact) mass is 428 g/mol. The van der Waals surface area contributed by atoms with E-state index in [4.69, 9.17) is 4.42 Å². The maximum Gasteiger partial charge on any atom is 0.246 e. The number of hydrogen-bond donors (Lipinski definition) is 2. The van der Waals surface area contributed by atoms with E-state index in [0.717, 1.165) is 24.0 Å². The first-order valence-electron chi connectivity index (χ1n) is 9.88. The Hall–Kier alpha value is -2.91. The number of benzene rings is 2. The molecule has 1 aromatic heterocycles. The number of rotatable bonds is 6. The van der Waals surface area contributed by atoms with Crippen molar-refractivity contribution in [2.24, 2.45) is 0 Å². The molecule has 3 aromatic rings. The number of amides is 1. The molecule has 0 radical (unpaired) electrons. The molecule has 2 N–H and O–H groups in total. The van der Waals surface area contributed by atoms with Crippen molar-refractivity contribution >= 4 is 38.4 Å². The molecule has 2 heterocycles. The number of fused-ring (bicyclic) bond motifs is 1. The van der Waals surface area contributed by atoms with E-state index in [1.54, 1.807) is 26.0 Å². The summed E-state index contributed by atoms with van der Waals surface area (Å²) in [5.41, 5.74) is 2.71. The zero-order chi connectivity index (χ0) is 21.3. The number of anilines is 2. The van der Waals surface area contributed by atoms with E-state index >= 15 is 0 Å². The van der Waals surface area contributed by atoms with Gasteiger partial charge >= 0.3 is 0 Å². The first kappa shape index (κ1) is 20.4. The van der Waals surface area contributed by atoms with Gasteiger partial charge in [-0.1, -0.05) is 0 Å². The van der Waals surface area contributed by atoms with Gasteiger partial charge in [0.25, 0.3) is 0 Å². The molecule has 0 aliphatic carbocycles. The summed E-state index contributed by atoms with van der Waals surface area (Å²) in [5, 5.41) is 5.95. The predicted molar refractivity (Wildman–Crippen MR) is 115 cm³/mol. The highest BCUT2D eigenvalue weighted by atomic mass is 32.2. The van der Waals surface area contributed by atoms with E-state index in [-0.39, 0.29) is 10.8 Å². The Morgan fingerprint density at radius 2 is 1.77 bits per heavy atom. The number of sulfonamides is 1. The summed E-state index contributed by atoms with van der Waals surface area (Å²) >= 11 is 0. The molecule has 30 heavy (non-hydrogen) atoms. The van der Waals surface area contributed by atoms with Gasteiger partial charge in [-0.05, 0) is 62.2 Å². The molecule has 1 aliphatic rings. The SMILES string of the molecule is Cc1nc2cc(N[C@@H](C)C(=O)Nc3ccc(S(=O)(=O)N4CCCC4)cc3)ccc2o1. The summed E-state index contributed by atoms with van der Waals surface area (Å²) in [6, 6.07) is 11.2. The normalized spacial score (nSPS) is 15.9. The van der Waals surface area contributed by atoms with E-state index in [1.165, 1.54) is 16.4 Å². The largest absolute Gasteiger partial charge is 0.441 e. The Kier molecular flexibility index (Phi) is 5.48. The number of nitrogens with zero attached hydrogens (tertiary/aromatic N) is 2. The molecule has 1 atom stereocenters. The molecular weight excluding hydrogens is 404 g/mol. The van der Waals surface area contributed by atoms with E-state index in [1.807, 2.05) is 18.2 Å². The molecule has 1 aliphatic heterocycles. The number of carbonyl (C=O) groups excluding carboxylic acids is 1. The van der Waals surface area contributed by atoms with Crippen molar-refractivity contribution < 1.29 is 17.6 Å². The third-order valence-electron chi connectivity index (χ3n) is 5.10. The topological polar surface area (TPSA) is 105 Å². The fourth-order valence-corrected chi connectivity index (χ4v) is 5.00. The van der Waals surface area contributed by atoms with Gasteiger partial charge in [-0.25, -0.2) is 13.4 Å². The summed E-state index contributed by atoms with van der Waals surface area (Å²) in [6.07, 6.45) is 1.78. The maximum absolute atomic E-state index is 12.6. The van der Waals surface area contributed by atoms with Crippen molar-refractivity contribution in [2.75, 3.05) is 23.7 Å². The summed E-state index contributed by atoms with van der Waals surface area (Å²) < 4.78 is 32.1. The van der Waals surface area contributed by atoms with Crippen LogP contribution < -0.4 is 10.6 Å². The molecule has 0 saturated carbocycles. The number of aryl methyl sites for hydroxylation is 1. The van der Waals surface area contributed by atoms with Crippen LogP contribution in [-0.4, -0.2) is 42.7 Å². The Balaban J connectivity index is 1.40. The van der Waals surface area contributed by atoms with Gasteiger partial charge in [-0.2, -0.15) is 4.31 Å². The lowest BCUT2D eigenvalue weighted by atomic mass is 10.2. The fourth-order valence-electron chi connectivity index (χ4n) is 3.49. The molecule has 8 nitrogen and oxygen atoms in total. The number of oxazole rings is 1. The van der Waals surface area contributed by atoms with Gasteiger partial charge in [0.2, 0.25) is 15.9 Å². The van der Waals surface area contributed by atoms with Gasteiger partial charge in [-0.3, -0.25) is 4.79 Å². The molecular formula is C21H24N4O4S. The van der Waals surface area contributed by atoms with Crippen molar-refractivity contribution in [3.63, 3.8) is 0 Å². The summed E-state index contributed by atoms with van der Waals surface area (Å²) in [4.78, 5) is 17.1. The van der Waals surface area contributed by atoms with Gasteiger partial charge in [0.05, 0.1) is 4.90 Å². The molecule has 4 rings (SSSR count). The second kappa shape index (κ2) is 8.08. The zero-order valence-corrected chi connectivity index (χ0v) is 17.7. The minimum atomic E-state index is -3.46. The highest BCUT2D eigenvalue weighted by Gasteiger charge is 2.27. The van der Waals surface area contributed by atoms with Crippen LogP contribution in [0, 0.1) is 6.92 Å². The van der Waals surface area contributed by atoms with Crippen molar-refractivity contribution in [2.45, 2.75) is 37.6 Å². The Labute approximate surface area is 175 Å². The first-order valence-corrected chi connectivity index (χ1v) is 11.3. The second-order valence-corrected chi connectivity index (χ2v) is 9.34. The highest BCUT2D eigenvalue weighted by Crippen LogP contribution is 2.23. The Morgan fingerprint density at radius 3 is 2.47 bits per heavy atom. The highest BCUT2D eigenvalue weighted by molar-refractivity contribution is 7.89. The molecule has 0 bridgehead atoms. The van der Waals surface area contributed by atoms with Crippen LogP contribution in [0.1, 0.15) is 25.7 Å². The van der Waals surface area contributed by atoms with Crippen LogP contribution in [0.4, 0.5) is 11.4 Å². The van der Waals surface area contributed by atoms with Crippen LogP contribution in [0.25, 0.3) is 11.1 Å². The molecule has 1 fully saturated rings. The predicted octanol–water partition coefficient (Wildman–Crippen LogP) is 3.36.